The number of nitrogen functional groups attached to an aromatic ring is 1. The number of aryl methyl sites for hydroxylation is 2. The van der Waals surface area contributed by atoms with Crippen molar-refractivity contribution in [3.8, 4) is 0 Å². The Morgan fingerprint density at radius 2 is 1.83 bits per heavy atom. The highest BCUT2D eigenvalue weighted by Gasteiger charge is 2.17. The number of anilines is 2. The van der Waals surface area contributed by atoms with Crippen molar-refractivity contribution in [2.75, 3.05) is 11.1 Å². The number of nitrogens with one attached hydrogen (secondary N) is 1. The fraction of sp³-hybridized carbons (Fsp3) is 0.786. The lowest BCUT2D eigenvalue weighted by molar-refractivity contribution is 0.469. The van der Waals surface area contributed by atoms with E-state index in [-0.39, 0.29) is 0 Å². The van der Waals surface area contributed by atoms with Gasteiger partial charge in [-0.25, -0.2) is 0 Å². The molecule has 0 saturated heterocycles. The molecule has 0 aliphatic heterocycles. The van der Waals surface area contributed by atoms with Crippen molar-refractivity contribution in [1.29, 1.82) is 0 Å². The predicted octanol–water partition coefficient (Wildman–Crippen LogP) is 3.09. The van der Waals surface area contributed by atoms with Crippen molar-refractivity contribution in [3.63, 3.8) is 0 Å². The van der Waals surface area contributed by atoms with E-state index in [0.29, 0.717) is 6.04 Å². The molecule has 1 aromatic heterocycles. The second-order valence-corrected chi connectivity index (χ2v) is 5.37. The topological polar surface area (TPSA) is 55.9 Å². The minimum atomic E-state index is 0.563. The van der Waals surface area contributed by atoms with E-state index in [0.717, 1.165) is 23.6 Å². The zero-order valence-electron chi connectivity index (χ0n) is 11.7. The van der Waals surface area contributed by atoms with Gasteiger partial charge in [0.1, 0.15) is 5.82 Å². The zero-order chi connectivity index (χ0) is 13.0. The quantitative estimate of drug-likeness (QED) is 0.866. The van der Waals surface area contributed by atoms with Gasteiger partial charge in [0.05, 0.1) is 11.4 Å². The summed E-state index contributed by atoms with van der Waals surface area (Å²) in [5, 5.41) is 8.08. The Labute approximate surface area is 110 Å². The molecule has 18 heavy (non-hydrogen) atoms. The normalized spacial score (nSPS) is 18.3. The van der Waals surface area contributed by atoms with E-state index < -0.39 is 0 Å². The van der Waals surface area contributed by atoms with Crippen LogP contribution in [0, 0.1) is 0 Å². The molecule has 0 bridgehead atoms. The summed E-state index contributed by atoms with van der Waals surface area (Å²) >= 11 is 0. The second-order valence-electron chi connectivity index (χ2n) is 5.37. The van der Waals surface area contributed by atoms with E-state index in [4.69, 9.17) is 5.73 Å². The van der Waals surface area contributed by atoms with E-state index in [1.807, 2.05) is 11.7 Å². The number of rotatable bonds is 3. The summed E-state index contributed by atoms with van der Waals surface area (Å²) in [6, 6.07) is 0.563. The van der Waals surface area contributed by atoms with E-state index in [1.165, 1.54) is 44.9 Å². The fourth-order valence-corrected chi connectivity index (χ4v) is 2.82. The van der Waals surface area contributed by atoms with Crippen LogP contribution in [0.25, 0.3) is 0 Å². The molecule has 3 N–H and O–H groups in total. The molecule has 0 amide bonds. The van der Waals surface area contributed by atoms with Gasteiger partial charge in [0.2, 0.25) is 0 Å². The molecule has 0 aromatic carbocycles. The van der Waals surface area contributed by atoms with Crippen LogP contribution in [-0.2, 0) is 13.5 Å². The summed E-state index contributed by atoms with van der Waals surface area (Å²) in [5.41, 5.74) is 8.00. The van der Waals surface area contributed by atoms with E-state index in [1.54, 1.807) is 0 Å². The maximum absolute atomic E-state index is 6.16. The van der Waals surface area contributed by atoms with Gasteiger partial charge in [-0.2, -0.15) is 5.10 Å². The van der Waals surface area contributed by atoms with Crippen molar-refractivity contribution in [3.05, 3.63) is 5.69 Å². The third-order valence-electron chi connectivity index (χ3n) is 3.94. The van der Waals surface area contributed by atoms with Gasteiger partial charge in [-0.1, -0.05) is 39.0 Å². The van der Waals surface area contributed by atoms with Crippen LogP contribution < -0.4 is 11.1 Å². The van der Waals surface area contributed by atoms with Gasteiger partial charge in [0.15, 0.2) is 0 Å². The lowest BCUT2D eigenvalue weighted by atomic mass is 9.97. The monoisotopic (exact) mass is 250 g/mol. The molecule has 4 heteroatoms. The van der Waals surface area contributed by atoms with Crippen molar-refractivity contribution in [1.82, 2.24) is 9.78 Å². The summed E-state index contributed by atoms with van der Waals surface area (Å²) in [4.78, 5) is 0. The Bertz CT molecular complexity index is 375. The largest absolute Gasteiger partial charge is 0.394 e. The molecule has 0 unspecified atom stereocenters. The Morgan fingerprint density at radius 3 is 2.39 bits per heavy atom. The molecule has 1 saturated carbocycles. The minimum absolute atomic E-state index is 0.563. The highest BCUT2D eigenvalue weighted by atomic mass is 15.3. The van der Waals surface area contributed by atoms with Crippen molar-refractivity contribution < 1.29 is 0 Å². The molecule has 102 valence electrons. The highest BCUT2D eigenvalue weighted by Crippen LogP contribution is 2.26. The molecule has 1 aromatic rings. The van der Waals surface area contributed by atoms with Crippen LogP contribution in [0.1, 0.15) is 57.6 Å². The summed E-state index contributed by atoms with van der Waals surface area (Å²) in [7, 11) is 1.97. The summed E-state index contributed by atoms with van der Waals surface area (Å²) < 4.78 is 1.90. The fourth-order valence-electron chi connectivity index (χ4n) is 2.82. The van der Waals surface area contributed by atoms with Crippen molar-refractivity contribution in [2.45, 2.75) is 64.3 Å². The number of aromatic nitrogens is 2. The van der Waals surface area contributed by atoms with Gasteiger partial charge in [0, 0.05) is 13.1 Å². The first kappa shape index (κ1) is 13.2. The maximum atomic E-state index is 6.16. The van der Waals surface area contributed by atoms with Gasteiger partial charge in [-0.15, -0.1) is 0 Å². The van der Waals surface area contributed by atoms with Crippen LogP contribution in [-0.4, -0.2) is 15.8 Å². The molecule has 1 aliphatic rings. The lowest BCUT2D eigenvalue weighted by Gasteiger charge is -2.22. The first-order valence-corrected chi connectivity index (χ1v) is 7.30. The van der Waals surface area contributed by atoms with Crippen LogP contribution in [0.4, 0.5) is 11.5 Å². The predicted molar refractivity (Wildman–Crippen MR) is 76.7 cm³/mol. The van der Waals surface area contributed by atoms with Crippen molar-refractivity contribution in [2.24, 2.45) is 7.05 Å². The van der Waals surface area contributed by atoms with Gasteiger partial charge in [-0.3, -0.25) is 4.68 Å². The average Bonchev–Trinajstić information content (AvgIpc) is 2.59. The lowest BCUT2D eigenvalue weighted by Crippen LogP contribution is -2.22. The summed E-state index contributed by atoms with van der Waals surface area (Å²) in [6.45, 7) is 2.10. The second kappa shape index (κ2) is 6.12. The van der Waals surface area contributed by atoms with Crippen LogP contribution >= 0.6 is 0 Å². The standard InChI is InChI=1S/C14H26N4/c1-3-12-13(15)14(18(2)17-12)16-11-9-7-5-4-6-8-10-11/h11,16H,3-10,15H2,1-2H3. The molecular formula is C14H26N4. The van der Waals surface area contributed by atoms with Gasteiger partial charge in [0.25, 0.3) is 0 Å². The number of nitrogens with zero attached hydrogens (tertiary/aromatic N) is 2. The Morgan fingerprint density at radius 1 is 1.22 bits per heavy atom. The van der Waals surface area contributed by atoms with Crippen LogP contribution in [0.15, 0.2) is 0 Å². The van der Waals surface area contributed by atoms with E-state index in [2.05, 4.69) is 17.3 Å². The van der Waals surface area contributed by atoms with Gasteiger partial charge >= 0.3 is 0 Å². The zero-order valence-corrected chi connectivity index (χ0v) is 11.7. The minimum Gasteiger partial charge on any atom is -0.394 e. The molecule has 0 spiro atoms. The smallest absolute Gasteiger partial charge is 0.147 e. The molecule has 1 fully saturated rings. The van der Waals surface area contributed by atoms with Gasteiger partial charge < -0.3 is 11.1 Å². The Kier molecular flexibility index (Phi) is 4.50. The first-order valence-electron chi connectivity index (χ1n) is 7.30. The SMILES string of the molecule is CCc1nn(C)c(NC2CCCCCCC2)c1N. The Hall–Kier alpha value is -1.19. The van der Waals surface area contributed by atoms with Gasteiger partial charge in [-0.05, 0) is 19.3 Å². The Balaban J connectivity index is 2.05. The molecular weight excluding hydrogens is 224 g/mol. The van der Waals surface area contributed by atoms with Crippen LogP contribution in [0.3, 0.4) is 0 Å². The van der Waals surface area contributed by atoms with Crippen LogP contribution in [0.2, 0.25) is 0 Å². The average molecular weight is 250 g/mol. The molecule has 4 nitrogen and oxygen atoms in total. The summed E-state index contributed by atoms with van der Waals surface area (Å²) in [5.74, 6) is 1.01. The third-order valence-corrected chi connectivity index (χ3v) is 3.94. The maximum Gasteiger partial charge on any atom is 0.147 e. The molecule has 2 rings (SSSR count). The number of nitrogens with two attached hydrogens (primary N) is 1. The molecule has 0 atom stereocenters. The van der Waals surface area contributed by atoms with E-state index in [9.17, 15) is 0 Å². The third kappa shape index (κ3) is 2.98. The highest BCUT2D eigenvalue weighted by molar-refractivity contribution is 5.65. The first-order chi connectivity index (χ1) is 8.72. The number of hydrogen-bond donors (Lipinski definition) is 2. The molecule has 1 heterocycles. The number of hydrogen-bond acceptors (Lipinski definition) is 3. The van der Waals surface area contributed by atoms with Crippen LogP contribution in [0.5, 0.6) is 0 Å². The van der Waals surface area contributed by atoms with Crippen molar-refractivity contribution >= 4 is 11.5 Å². The summed E-state index contributed by atoms with van der Waals surface area (Å²) in [6.07, 6.45) is 10.2. The molecule has 1 aliphatic carbocycles. The molecule has 0 radical (unpaired) electrons. The van der Waals surface area contributed by atoms with E-state index >= 15 is 0 Å².